The van der Waals surface area contributed by atoms with Gasteiger partial charge in [0.05, 0.1) is 67.3 Å². The van der Waals surface area contributed by atoms with E-state index in [4.69, 9.17) is 48.2 Å². The average Bonchev–Trinajstić information content (AvgIpc) is 3.79. The summed E-state index contributed by atoms with van der Waals surface area (Å²) in [5, 5.41) is 10.5. The fourth-order valence-corrected chi connectivity index (χ4v) is 11.3. The first kappa shape index (κ1) is 41.4. The number of carbonyl (C=O) groups excluding carboxylic acids is 1. The first-order valence-corrected chi connectivity index (χ1v) is 22.9. The van der Waals surface area contributed by atoms with E-state index in [1.165, 1.54) is 0 Å². The molecule has 0 amide bonds. The van der Waals surface area contributed by atoms with E-state index < -0.39 is 22.0 Å². The normalized spacial score (nSPS) is 49.5. The number of fused-ring (bicyclic) bond motifs is 6. The van der Waals surface area contributed by atoms with E-state index in [0.717, 1.165) is 56.1 Å². The van der Waals surface area contributed by atoms with Crippen molar-refractivity contribution in [2.45, 2.75) is 195 Å². The molecule has 10 fully saturated rings. The van der Waals surface area contributed by atoms with Crippen LogP contribution in [0.3, 0.4) is 0 Å². The van der Waals surface area contributed by atoms with Gasteiger partial charge < -0.3 is 48.7 Å². The molecule has 0 aliphatic carbocycles. The molecule has 10 aliphatic heterocycles. The molecule has 4 unspecified atom stereocenters. The lowest BCUT2D eigenvalue weighted by molar-refractivity contribution is -0.292. The topological polar surface area (TPSA) is 192 Å². The van der Waals surface area contributed by atoms with Gasteiger partial charge in [0, 0.05) is 45.1 Å². The lowest BCUT2D eigenvalue weighted by atomic mass is 9.78. The van der Waals surface area contributed by atoms with Gasteiger partial charge in [0.25, 0.3) is 10.1 Å². The zero-order valence-corrected chi connectivity index (χ0v) is 33.9. The van der Waals surface area contributed by atoms with Crippen molar-refractivity contribution >= 4 is 15.9 Å². The number of rotatable bonds is 3. The third-order valence-electron chi connectivity index (χ3n) is 14.2. The molecule has 1 spiro atoms. The number of carbonyl (C=O) groups is 1. The Kier molecular flexibility index (Phi) is 12.0. The number of ether oxygens (including phenoxy) is 8. The smallest absolute Gasteiger partial charge is 0.261 e. The van der Waals surface area contributed by atoms with Crippen molar-refractivity contribution in [3.05, 3.63) is 24.3 Å². The number of hydrogen-bond donors (Lipinski definition) is 3. The van der Waals surface area contributed by atoms with Gasteiger partial charge in [-0.3, -0.25) is 9.35 Å². The van der Waals surface area contributed by atoms with Crippen molar-refractivity contribution in [2.24, 2.45) is 23.5 Å². The van der Waals surface area contributed by atoms with Gasteiger partial charge in [0.1, 0.15) is 36.3 Å². The van der Waals surface area contributed by atoms with E-state index in [9.17, 15) is 18.3 Å². The van der Waals surface area contributed by atoms with Crippen LogP contribution in [0.25, 0.3) is 0 Å². The maximum Gasteiger partial charge on any atom is 0.261 e. The van der Waals surface area contributed by atoms with E-state index in [-0.39, 0.29) is 110 Å². The molecule has 56 heavy (non-hydrogen) atoms. The van der Waals surface area contributed by atoms with Gasteiger partial charge in [-0.25, -0.2) is 0 Å². The monoisotopic (exact) mass is 809 g/mol. The quantitative estimate of drug-likeness (QED) is 0.277. The fraction of sp³-hybridized carbons (Fsp3) is 0.878. The number of aliphatic hydroxyl groups is 1. The van der Waals surface area contributed by atoms with Gasteiger partial charge in [0.15, 0.2) is 5.79 Å². The molecule has 0 aromatic rings. The maximum atomic E-state index is 14.0. The van der Waals surface area contributed by atoms with Crippen molar-refractivity contribution in [3.8, 4) is 0 Å². The van der Waals surface area contributed by atoms with Crippen molar-refractivity contribution in [2.75, 3.05) is 12.8 Å². The molecular formula is C41H63NO13S. The second-order valence-corrected chi connectivity index (χ2v) is 19.8. The van der Waals surface area contributed by atoms with E-state index in [2.05, 4.69) is 27.0 Å². The Morgan fingerprint density at radius 3 is 2.23 bits per heavy atom. The summed E-state index contributed by atoms with van der Waals surface area (Å²) in [7, 11) is -3.67. The number of hydrogen-bond acceptors (Lipinski definition) is 13. The number of ketones is 1. The third kappa shape index (κ3) is 8.62. The molecular weight excluding hydrogens is 747 g/mol. The largest absolute Gasteiger partial charge is 0.392 e. The minimum atomic E-state index is -3.67. The Morgan fingerprint density at radius 1 is 0.786 bits per heavy atom. The molecule has 316 valence electrons. The van der Waals surface area contributed by atoms with Crippen molar-refractivity contribution in [3.63, 3.8) is 0 Å². The van der Waals surface area contributed by atoms with Gasteiger partial charge in [0.2, 0.25) is 0 Å². The summed E-state index contributed by atoms with van der Waals surface area (Å²) in [6.07, 6.45) is 7.15. The van der Waals surface area contributed by atoms with Crippen molar-refractivity contribution in [1.29, 1.82) is 0 Å². The van der Waals surface area contributed by atoms with Gasteiger partial charge in [-0.2, -0.15) is 8.42 Å². The van der Waals surface area contributed by atoms with Crippen LogP contribution in [0, 0.1) is 17.8 Å². The van der Waals surface area contributed by atoms with Crippen LogP contribution < -0.4 is 5.73 Å². The van der Waals surface area contributed by atoms with Crippen LogP contribution in [0.15, 0.2) is 24.3 Å². The number of nitrogens with two attached hydrogens (primary N) is 1. The van der Waals surface area contributed by atoms with Crippen LogP contribution in [0.4, 0.5) is 0 Å². The Bertz CT molecular complexity index is 1590. The Labute approximate surface area is 331 Å². The molecule has 10 rings (SSSR count). The zero-order chi connectivity index (χ0) is 39.7. The maximum absolute atomic E-state index is 14.0. The van der Waals surface area contributed by atoms with E-state index >= 15 is 0 Å². The lowest BCUT2D eigenvalue weighted by Gasteiger charge is -2.47. The highest BCUT2D eigenvalue weighted by Gasteiger charge is 2.68. The molecule has 4 N–H and O–H groups in total. The zero-order valence-electron chi connectivity index (χ0n) is 33.1. The Morgan fingerprint density at radius 2 is 1.46 bits per heavy atom. The van der Waals surface area contributed by atoms with Crippen molar-refractivity contribution < 1.29 is 60.8 Å². The number of aliphatic hydroxyl groups excluding tert-OH is 1. The van der Waals surface area contributed by atoms with E-state index in [1.807, 2.05) is 0 Å². The molecule has 15 heteroatoms. The van der Waals surface area contributed by atoms with Gasteiger partial charge >= 0.3 is 0 Å². The summed E-state index contributed by atoms with van der Waals surface area (Å²) in [5.41, 5.74) is 8.06. The Hall–Kier alpha value is -1.34. The van der Waals surface area contributed by atoms with Gasteiger partial charge in [-0.1, -0.05) is 27.0 Å². The van der Waals surface area contributed by atoms with Crippen molar-refractivity contribution in [1.82, 2.24) is 0 Å². The van der Waals surface area contributed by atoms with Gasteiger partial charge in [-0.15, -0.1) is 0 Å². The minimum absolute atomic E-state index is 0.00127. The van der Waals surface area contributed by atoms with Crippen LogP contribution in [0.2, 0.25) is 0 Å². The van der Waals surface area contributed by atoms with Crippen LogP contribution in [0.5, 0.6) is 0 Å². The van der Waals surface area contributed by atoms with Crippen LogP contribution >= 0.6 is 0 Å². The van der Waals surface area contributed by atoms with Crippen LogP contribution in [-0.2, 0) is 52.8 Å². The molecule has 19 atom stereocenters. The number of Topliss-reactive ketones (excluding diaryl/α,β-unsaturated/α-hetero) is 1. The fourth-order valence-electron chi connectivity index (χ4n) is 11.3. The van der Waals surface area contributed by atoms with Gasteiger partial charge in [-0.05, 0) is 73.8 Å². The lowest BCUT2D eigenvalue weighted by Crippen LogP contribution is -2.61. The highest BCUT2D eigenvalue weighted by molar-refractivity contribution is 7.85. The van der Waals surface area contributed by atoms with Crippen LogP contribution in [-0.4, -0.2) is 134 Å². The van der Waals surface area contributed by atoms with Crippen LogP contribution in [0.1, 0.15) is 97.3 Å². The second-order valence-electron chi connectivity index (χ2n) is 18.3. The SMILES string of the molecule is C=C1C[C@@H]2CC[C@@]34C[C@H]5O[C@H]6[C@@H](O3)[C@H]3O[C@H](CC[C@@H]3O[C@H]6C5O4)CC(=O)CC3[C@H](CC4O[C@@H](CCC1O2)C[C@@H](C)C4=C)O[C@H](C[C@H](O)CN)[C@@H]3C.CS(=O)(=O)O. The van der Waals surface area contributed by atoms with E-state index in [1.54, 1.807) is 0 Å². The molecule has 10 saturated heterocycles. The van der Waals surface area contributed by atoms with E-state index in [0.29, 0.717) is 50.7 Å². The average molecular weight is 810 g/mol. The molecule has 0 saturated carbocycles. The molecule has 0 aromatic heterocycles. The first-order chi connectivity index (χ1) is 26.6. The minimum Gasteiger partial charge on any atom is -0.392 e. The summed E-state index contributed by atoms with van der Waals surface area (Å²) < 4.78 is 79.9. The summed E-state index contributed by atoms with van der Waals surface area (Å²) in [4.78, 5) is 14.0. The standard InChI is InChI=1S/C40H59NO10.CH4O3S/c1-19-11-25-5-7-29-20(2)12-27(44-29)9-10-40-17-34-36(50-40)37-38(49-34)39(51-40)35-30(48-37)8-6-26(46-35)13-23(42)14-28-22(4)31(15-24(43)18-41)47-33(28)16-32(45-25)21(19)3;1-5(2,3)4/h19,22,24-39,43H,2-3,5-18,41H2,1,4H3;1H3,(H,2,3,4)/t19-,22-,24+,25+,26-,27+,28?,29?,30+,31-,32?,33+,34-,35+,36?,37+,38-,39+,40+;/m1./s1. The second kappa shape index (κ2) is 16.3. The predicted octanol–water partition coefficient (Wildman–Crippen LogP) is 3.56. The molecule has 0 radical (unpaired) electrons. The molecule has 12 bridgehead atoms. The summed E-state index contributed by atoms with van der Waals surface area (Å²) >= 11 is 0. The summed E-state index contributed by atoms with van der Waals surface area (Å²) in [6, 6.07) is 0. The predicted molar refractivity (Wildman–Crippen MR) is 202 cm³/mol. The highest BCUT2D eigenvalue weighted by atomic mass is 32.2. The molecule has 0 aromatic carbocycles. The highest BCUT2D eigenvalue weighted by Crippen LogP contribution is 2.54. The molecule has 14 nitrogen and oxygen atoms in total. The summed E-state index contributed by atoms with van der Waals surface area (Å²) in [5.74, 6) is -0.222. The third-order valence-corrected chi connectivity index (χ3v) is 14.2. The molecule has 10 heterocycles. The first-order valence-electron chi connectivity index (χ1n) is 21.0. The molecule has 10 aliphatic rings. The Balaban J connectivity index is 0.000000831. The summed E-state index contributed by atoms with van der Waals surface area (Å²) in [6.45, 7) is 13.5.